The van der Waals surface area contributed by atoms with Crippen LogP contribution in [0.4, 0.5) is 5.69 Å². The lowest BCUT2D eigenvalue weighted by Gasteiger charge is -2.32. The molecular formula is C19H26N4O3S. The van der Waals surface area contributed by atoms with E-state index in [4.69, 9.17) is 4.74 Å². The van der Waals surface area contributed by atoms with Gasteiger partial charge in [-0.15, -0.1) is 0 Å². The lowest BCUT2D eigenvalue weighted by atomic mass is 10.0. The molecule has 27 heavy (non-hydrogen) atoms. The highest BCUT2D eigenvalue weighted by molar-refractivity contribution is 7.89. The zero-order valence-electron chi connectivity index (χ0n) is 15.8. The first-order valence-corrected chi connectivity index (χ1v) is 10.9. The van der Waals surface area contributed by atoms with Gasteiger partial charge in [0.25, 0.3) is 0 Å². The van der Waals surface area contributed by atoms with Gasteiger partial charge in [0.2, 0.25) is 10.0 Å². The van der Waals surface area contributed by atoms with Crippen LogP contribution in [-0.4, -0.2) is 55.8 Å². The number of sulfonamides is 1. The Kier molecular flexibility index (Phi) is 4.96. The van der Waals surface area contributed by atoms with E-state index in [1.54, 1.807) is 12.3 Å². The summed E-state index contributed by atoms with van der Waals surface area (Å²) >= 11 is 0. The van der Waals surface area contributed by atoms with E-state index in [1.165, 1.54) is 9.87 Å². The minimum absolute atomic E-state index is 0.283. The highest BCUT2D eigenvalue weighted by atomic mass is 32.2. The van der Waals surface area contributed by atoms with Crippen LogP contribution in [0.5, 0.6) is 0 Å². The summed E-state index contributed by atoms with van der Waals surface area (Å²) in [7, 11) is -1.54. The normalized spacial score (nSPS) is 21.3. The second-order valence-corrected chi connectivity index (χ2v) is 9.11. The summed E-state index contributed by atoms with van der Waals surface area (Å²) in [6.07, 6.45) is 5.51. The molecule has 0 spiro atoms. The van der Waals surface area contributed by atoms with Crippen molar-refractivity contribution in [3.63, 3.8) is 0 Å². The molecule has 1 saturated heterocycles. The minimum atomic E-state index is -3.56. The van der Waals surface area contributed by atoms with Gasteiger partial charge in [-0.25, -0.2) is 8.42 Å². The molecule has 1 fully saturated rings. The van der Waals surface area contributed by atoms with E-state index in [0.29, 0.717) is 24.6 Å². The summed E-state index contributed by atoms with van der Waals surface area (Å²) in [4.78, 5) is 2.50. The van der Waals surface area contributed by atoms with Gasteiger partial charge in [-0.2, -0.15) is 9.40 Å². The van der Waals surface area contributed by atoms with E-state index in [2.05, 4.69) is 10.00 Å². The van der Waals surface area contributed by atoms with E-state index in [9.17, 15) is 8.42 Å². The molecule has 0 aliphatic carbocycles. The summed E-state index contributed by atoms with van der Waals surface area (Å²) in [5.41, 5.74) is 3.16. The molecule has 4 rings (SSSR count). The second kappa shape index (κ2) is 7.26. The van der Waals surface area contributed by atoms with Crippen LogP contribution in [-0.2, 0) is 27.7 Å². The molecule has 2 aromatic rings. The molecular weight excluding hydrogens is 364 g/mol. The number of nitrogens with zero attached hydrogens (tertiary/aromatic N) is 4. The predicted molar refractivity (Wildman–Crippen MR) is 103 cm³/mol. The number of rotatable bonds is 4. The van der Waals surface area contributed by atoms with Crippen molar-refractivity contribution in [3.8, 4) is 0 Å². The first kappa shape index (κ1) is 18.5. The second-order valence-electron chi connectivity index (χ2n) is 7.17. The Hall–Kier alpha value is -1.90. The third-order valence-corrected chi connectivity index (χ3v) is 7.28. The van der Waals surface area contributed by atoms with Crippen molar-refractivity contribution in [2.75, 3.05) is 38.2 Å². The maximum atomic E-state index is 13.2. The Morgan fingerprint density at radius 2 is 2.15 bits per heavy atom. The Morgan fingerprint density at radius 1 is 1.30 bits per heavy atom. The Labute approximate surface area is 160 Å². The third-order valence-electron chi connectivity index (χ3n) is 5.42. The van der Waals surface area contributed by atoms with Gasteiger partial charge in [0, 0.05) is 50.7 Å². The summed E-state index contributed by atoms with van der Waals surface area (Å²) in [6.45, 7) is 4.81. The van der Waals surface area contributed by atoms with E-state index >= 15 is 0 Å². The Balaban J connectivity index is 1.59. The quantitative estimate of drug-likeness (QED) is 0.799. The van der Waals surface area contributed by atoms with Crippen molar-refractivity contribution in [3.05, 3.63) is 41.7 Å². The predicted octanol–water partition coefficient (Wildman–Crippen LogP) is 2.05. The van der Waals surface area contributed by atoms with Gasteiger partial charge >= 0.3 is 0 Å². The van der Waals surface area contributed by atoms with Crippen molar-refractivity contribution in [2.24, 2.45) is 0 Å². The molecule has 1 atom stereocenters. The number of aromatic nitrogens is 2. The third kappa shape index (κ3) is 3.49. The van der Waals surface area contributed by atoms with Crippen molar-refractivity contribution < 1.29 is 13.2 Å². The SMILES string of the molecule is CCn1cc([C@H]2CN(S(=O)(=O)c3ccc4c(c3)N(C)CCC4)CCO2)cn1. The lowest BCUT2D eigenvalue weighted by molar-refractivity contribution is -0.00260. The fourth-order valence-corrected chi connectivity index (χ4v) is 5.26. The van der Waals surface area contributed by atoms with Crippen LogP contribution in [0.15, 0.2) is 35.5 Å². The van der Waals surface area contributed by atoms with Crippen LogP contribution >= 0.6 is 0 Å². The van der Waals surface area contributed by atoms with Crippen molar-refractivity contribution in [1.29, 1.82) is 0 Å². The van der Waals surface area contributed by atoms with E-state index in [-0.39, 0.29) is 6.10 Å². The highest BCUT2D eigenvalue weighted by Gasteiger charge is 2.32. The van der Waals surface area contributed by atoms with Gasteiger partial charge < -0.3 is 9.64 Å². The minimum Gasteiger partial charge on any atom is -0.374 e. The van der Waals surface area contributed by atoms with Crippen LogP contribution in [0.3, 0.4) is 0 Å². The number of aryl methyl sites for hydroxylation is 2. The van der Waals surface area contributed by atoms with Gasteiger partial charge in [0.1, 0.15) is 0 Å². The van der Waals surface area contributed by atoms with Crippen LogP contribution in [0.25, 0.3) is 0 Å². The smallest absolute Gasteiger partial charge is 0.243 e. The standard InChI is InChI=1S/C19H26N4O3S/c1-3-22-13-16(12-20-22)19-14-23(9-10-26-19)27(24,25)17-7-6-15-5-4-8-21(2)18(15)11-17/h6-7,11-13,19H,3-5,8-10,14H2,1-2H3/t19-/m1/s1. The van der Waals surface area contributed by atoms with Crippen LogP contribution < -0.4 is 4.90 Å². The van der Waals surface area contributed by atoms with E-state index in [1.807, 2.05) is 37.0 Å². The summed E-state index contributed by atoms with van der Waals surface area (Å²) in [5.74, 6) is 0. The molecule has 7 nitrogen and oxygen atoms in total. The average Bonchev–Trinajstić information content (AvgIpc) is 3.17. The summed E-state index contributed by atoms with van der Waals surface area (Å²) < 4.78 is 35.7. The largest absolute Gasteiger partial charge is 0.374 e. The van der Waals surface area contributed by atoms with Gasteiger partial charge in [-0.3, -0.25) is 4.68 Å². The number of hydrogen-bond acceptors (Lipinski definition) is 5. The topological polar surface area (TPSA) is 67.7 Å². The Bertz CT molecular complexity index is 925. The van der Waals surface area contributed by atoms with Gasteiger partial charge in [-0.05, 0) is 37.5 Å². The van der Waals surface area contributed by atoms with Crippen LogP contribution in [0.2, 0.25) is 0 Å². The summed E-state index contributed by atoms with van der Waals surface area (Å²) in [5, 5.41) is 4.27. The molecule has 0 radical (unpaired) electrons. The number of fused-ring (bicyclic) bond motifs is 1. The molecule has 8 heteroatoms. The van der Waals surface area contributed by atoms with E-state index in [0.717, 1.165) is 37.2 Å². The monoisotopic (exact) mass is 390 g/mol. The zero-order valence-corrected chi connectivity index (χ0v) is 16.7. The fraction of sp³-hybridized carbons (Fsp3) is 0.526. The molecule has 2 aliphatic heterocycles. The maximum absolute atomic E-state index is 13.2. The number of hydrogen-bond donors (Lipinski definition) is 0. The maximum Gasteiger partial charge on any atom is 0.243 e. The molecule has 1 aromatic heterocycles. The molecule has 0 amide bonds. The van der Waals surface area contributed by atoms with Gasteiger partial charge in [0.05, 0.1) is 23.8 Å². The van der Waals surface area contributed by atoms with Crippen molar-refractivity contribution in [2.45, 2.75) is 37.3 Å². The van der Waals surface area contributed by atoms with Crippen molar-refractivity contribution >= 4 is 15.7 Å². The summed E-state index contributed by atoms with van der Waals surface area (Å²) in [6, 6.07) is 5.53. The molecule has 2 aliphatic rings. The zero-order chi connectivity index (χ0) is 19.0. The molecule has 3 heterocycles. The number of ether oxygens (including phenoxy) is 1. The van der Waals surface area contributed by atoms with Crippen LogP contribution in [0.1, 0.15) is 30.6 Å². The van der Waals surface area contributed by atoms with Gasteiger partial charge in [-0.1, -0.05) is 6.07 Å². The lowest BCUT2D eigenvalue weighted by Crippen LogP contribution is -2.42. The van der Waals surface area contributed by atoms with Crippen LogP contribution in [0, 0.1) is 0 Å². The molecule has 0 bridgehead atoms. The van der Waals surface area contributed by atoms with E-state index < -0.39 is 10.0 Å². The molecule has 0 saturated carbocycles. The molecule has 0 N–H and O–H groups in total. The molecule has 146 valence electrons. The average molecular weight is 391 g/mol. The fourth-order valence-electron chi connectivity index (χ4n) is 3.81. The van der Waals surface area contributed by atoms with Crippen molar-refractivity contribution in [1.82, 2.24) is 14.1 Å². The first-order chi connectivity index (χ1) is 13.0. The number of benzene rings is 1. The Morgan fingerprint density at radius 3 is 2.93 bits per heavy atom. The highest BCUT2D eigenvalue weighted by Crippen LogP contribution is 2.31. The first-order valence-electron chi connectivity index (χ1n) is 9.47. The number of anilines is 1. The number of morpholine rings is 1. The molecule has 0 unspecified atom stereocenters. The van der Waals surface area contributed by atoms with Gasteiger partial charge in [0.15, 0.2) is 0 Å². The molecule has 1 aromatic carbocycles.